The van der Waals surface area contributed by atoms with Crippen LogP contribution >= 0.6 is 0 Å². The average Bonchev–Trinajstić information content (AvgIpc) is 3.41. The van der Waals surface area contributed by atoms with Crippen molar-refractivity contribution >= 4 is 23.6 Å². The van der Waals surface area contributed by atoms with Gasteiger partial charge in [-0.05, 0) is 50.6 Å². The number of hydrogen-bond acceptors (Lipinski definition) is 6. The smallest absolute Gasteiger partial charge is 0.283 e. The number of alkyl halides is 2. The van der Waals surface area contributed by atoms with Crippen molar-refractivity contribution in [2.75, 3.05) is 31.1 Å². The summed E-state index contributed by atoms with van der Waals surface area (Å²) in [6.45, 7) is 5.27. The molecule has 2 amide bonds. The molecule has 40 heavy (non-hydrogen) atoms. The first kappa shape index (κ1) is 26.0. The minimum absolute atomic E-state index is 0.00771. The maximum Gasteiger partial charge on any atom is 0.283 e. The van der Waals surface area contributed by atoms with Gasteiger partial charge in [-0.15, -0.1) is 0 Å². The van der Waals surface area contributed by atoms with Gasteiger partial charge < -0.3 is 9.47 Å². The number of carbonyl (C=O) groups is 2. The van der Waals surface area contributed by atoms with E-state index in [9.17, 15) is 27.2 Å². The van der Waals surface area contributed by atoms with Gasteiger partial charge in [-0.25, -0.2) is 27.5 Å². The number of aromatic nitrogens is 3. The van der Waals surface area contributed by atoms with E-state index in [2.05, 4.69) is 9.97 Å². The van der Waals surface area contributed by atoms with Crippen LogP contribution in [0.5, 0.6) is 0 Å². The molecule has 0 unspecified atom stereocenters. The fourth-order valence-corrected chi connectivity index (χ4v) is 5.23. The van der Waals surface area contributed by atoms with E-state index >= 15 is 0 Å². The van der Waals surface area contributed by atoms with Crippen molar-refractivity contribution in [3.05, 3.63) is 65.1 Å². The Kier molecular flexibility index (Phi) is 5.75. The van der Waals surface area contributed by atoms with Gasteiger partial charge in [0.25, 0.3) is 17.7 Å². The van der Waals surface area contributed by atoms with Gasteiger partial charge in [-0.2, -0.15) is 0 Å². The zero-order chi connectivity index (χ0) is 28.6. The van der Waals surface area contributed by atoms with Gasteiger partial charge in [0, 0.05) is 18.3 Å². The van der Waals surface area contributed by atoms with Gasteiger partial charge in [0.15, 0.2) is 17.3 Å². The Hall–Kier alpha value is -4.29. The summed E-state index contributed by atoms with van der Waals surface area (Å²) in [5, 5.41) is 0. The molecule has 0 aliphatic carbocycles. The molecule has 2 aromatic heterocycles. The van der Waals surface area contributed by atoms with Gasteiger partial charge in [0.05, 0.1) is 31.7 Å². The van der Waals surface area contributed by atoms with E-state index in [0.717, 1.165) is 17.0 Å². The number of nitrogens with zero attached hydrogens (tertiary/aromatic N) is 7. The quantitative estimate of drug-likeness (QED) is 0.448. The summed E-state index contributed by atoms with van der Waals surface area (Å²) in [4.78, 5) is 44.2. The Balaban J connectivity index is 1.45. The number of amides is 2. The molecule has 208 valence electrons. The molecule has 5 heterocycles. The van der Waals surface area contributed by atoms with E-state index in [1.165, 1.54) is 18.3 Å². The van der Waals surface area contributed by atoms with Crippen LogP contribution in [0.3, 0.4) is 0 Å². The van der Waals surface area contributed by atoms with Crippen LogP contribution in [0.1, 0.15) is 47.3 Å². The van der Waals surface area contributed by atoms with Gasteiger partial charge in [0.2, 0.25) is 5.96 Å². The van der Waals surface area contributed by atoms with Crippen LogP contribution in [0.4, 0.5) is 23.4 Å². The van der Waals surface area contributed by atoms with E-state index in [1.807, 2.05) is 25.7 Å². The molecule has 1 fully saturated rings. The molecule has 9 nitrogen and oxygen atoms in total. The van der Waals surface area contributed by atoms with E-state index in [0.29, 0.717) is 41.8 Å². The highest BCUT2D eigenvalue weighted by atomic mass is 19.3. The van der Waals surface area contributed by atoms with Gasteiger partial charge in [-0.3, -0.25) is 24.4 Å². The number of rotatable bonds is 5. The summed E-state index contributed by atoms with van der Waals surface area (Å²) < 4.78 is 56.0. The number of benzene rings is 1. The number of guanidine groups is 1. The lowest BCUT2D eigenvalue weighted by molar-refractivity contribution is -0.113. The Bertz CT molecular complexity index is 1570. The van der Waals surface area contributed by atoms with Crippen LogP contribution < -0.4 is 4.90 Å². The molecule has 13 heteroatoms. The van der Waals surface area contributed by atoms with Gasteiger partial charge in [0.1, 0.15) is 17.3 Å². The molecule has 3 aliphatic heterocycles. The normalized spacial score (nSPS) is 18.8. The monoisotopic (exact) mass is 555 g/mol. The molecular weight excluding hydrogens is 530 g/mol. The molecule has 1 aromatic carbocycles. The second-order valence-corrected chi connectivity index (χ2v) is 10.8. The maximum absolute atomic E-state index is 14.1. The van der Waals surface area contributed by atoms with Crippen LogP contribution in [0.15, 0.2) is 41.5 Å². The molecule has 0 spiro atoms. The summed E-state index contributed by atoms with van der Waals surface area (Å²) in [5.41, 5.74) is 0.529. The zero-order valence-corrected chi connectivity index (χ0v) is 22.0. The third-order valence-corrected chi connectivity index (χ3v) is 7.09. The predicted molar refractivity (Wildman–Crippen MR) is 137 cm³/mol. The number of aliphatic imine (C=N–C) groups is 1. The number of carbonyl (C=O) groups excluding carboxylic acids is 2. The molecule has 3 aliphatic rings. The Labute approximate surface area is 226 Å². The van der Waals surface area contributed by atoms with Gasteiger partial charge in [-0.1, -0.05) is 6.07 Å². The summed E-state index contributed by atoms with van der Waals surface area (Å²) in [6, 6.07) is 6.54. The van der Waals surface area contributed by atoms with Crippen LogP contribution in [-0.2, 0) is 6.54 Å². The maximum atomic E-state index is 14.1. The first-order chi connectivity index (χ1) is 18.9. The fourth-order valence-electron chi connectivity index (χ4n) is 5.23. The first-order valence-corrected chi connectivity index (χ1v) is 12.7. The molecule has 6 rings (SSSR count). The number of halogens is 4. The van der Waals surface area contributed by atoms with Crippen molar-refractivity contribution in [3.63, 3.8) is 0 Å². The van der Waals surface area contributed by atoms with Gasteiger partial charge >= 0.3 is 0 Å². The number of likely N-dealkylation sites (tertiary alicyclic amines) is 1. The second kappa shape index (κ2) is 8.86. The molecule has 0 atom stereocenters. The number of hydrogen-bond donors (Lipinski definition) is 0. The van der Waals surface area contributed by atoms with Crippen LogP contribution in [0.2, 0.25) is 0 Å². The van der Waals surface area contributed by atoms with Crippen LogP contribution in [0.25, 0.3) is 11.4 Å². The summed E-state index contributed by atoms with van der Waals surface area (Å²) in [7, 11) is 0. The number of fused-ring (bicyclic) bond motifs is 3. The van der Waals surface area contributed by atoms with Crippen molar-refractivity contribution in [1.29, 1.82) is 0 Å². The van der Waals surface area contributed by atoms with E-state index in [4.69, 9.17) is 4.99 Å². The molecular formula is C27H25F4N7O2. The molecule has 3 aromatic rings. The predicted octanol–water partition coefficient (Wildman–Crippen LogP) is 3.79. The van der Waals surface area contributed by atoms with Crippen molar-refractivity contribution in [3.8, 4) is 11.4 Å². The van der Waals surface area contributed by atoms with E-state index in [1.54, 1.807) is 15.5 Å². The SMILES string of the molecule is CCN1C(=O)c2nc(-c3ccc(C(=O)N4CC(F)(F)C4)nc3)n(Cc3ccc(F)c(F)c3)c2N2CC(C)(C)N=C12. The fraction of sp³-hybridized carbons (Fsp3) is 0.370. The van der Waals surface area contributed by atoms with E-state index in [-0.39, 0.29) is 23.8 Å². The summed E-state index contributed by atoms with van der Waals surface area (Å²) in [5.74, 6) is -4.60. The Morgan fingerprint density at radius 1 is 1.05 bits per heavy atom. The van der Waals surface area contributed by atoms with Crippen LogP contribution in [0, 0.1) is 11.6 Å². The van der Waals surface area contributed by atoms with Crippen molar-refractivity contribution in [2.24, 2.45) is 4.99 Å². The number of imidazole rings is 1. The highest BCUT2D eigenvalue weighted by molar-refractivity contribution is 6.18. The molecule has 0 radical (unpaired) electrons. The summed E-state index contributed by atoms with van der Waals surface area (Å²) in [6.07, 6.45) is 1.38. The second-order valence-electron chi connectivity index (χ2n) is 10.8. The van der Waals surface area contributed by atoms with E-state index < -0.39 is 42.1 Å². The highest BCUT2D eigenvalue weighted by Crippen LogP contribution is 2.38. The molecule has 0 bridgehead atoms. The van der Waals surface area contributed by atoms with Crippen molar-refractivity contribution in [1.82, 2.24) is 24.3 Å². The number of pyridine rings is 1. The standard InChI is InChI=1S/C27H25F4N7O2/c1-4-36-24(40)20-22(38-12-26(2,3)34-25(36)38)37(11-15-5-7-17(28)18(29)9-15)21(33-20)16-6-8-19(32-10-16)23(39)35-13-27(30,31)14-35/h5-10H,4,11-14H2,1-3H3. The van der Waals surface area contributed by atoms with Crippen LogP contribution in [-0.4, -0.2) is 79.7 Å². The third kappa shape index (κ3) is 4.20. The highest BCUT2D eigenvalue weighted by Gasteiger charge is 2.47. The summed E-state index contributed by atoms with van der Waals surface area (Å²) >= 11 is 0. The topological polar surface area (TPSA) is 86.9 Å². The van der Waals surface area contributed by atoms with Crippen molar-refractivity contribution in [2.45, 2.75) is 38.8 Å². The zero-order valence-electron chi connectivity index (χ0n) is 22.0. The molecule has 0 saturated carbocycles. The minimum atomic E-state index is -2.90. The number of anilines is 1. The Morgan fingerprint density at radius 2 is 1.80 bits per heavy atom. The lowest BCUT2D eigenvalue weighted by Crippen LogP contribution is -2.58. The lowest BCUT2D eigenvalue weighted by atomic mass is 10.1. The first-order valence-electron chi connectivity index (χ1n) is 12.7. The van der Waals surface area contributed by atoms with Crippen molar-refractivity contribution < 1.29 is 27.2 Å². The largest absolute Gasteiger partial charge is 0.325 e. The Morgan fingerprint density at radius 3 is 2.42 bits per heavy atom. The lowest BCUT2D eigenvalue weighted by Gasteiger charge is -2.38. The molecule has 1 saturated heterocycles. The minimum Gasteiger partial charge on any atom is -0.325 e. The molecule has 0 N–H and O–H groups in total. The third-order valence-electron chi connectivity index (χ3n) is 7.09. The average molecular weight is 556 g/mol.